The average Bonchev–Trinajstić information content (AvgIpc) is 2.28. The van der Waals surface area contributed by atoms with Gasteiger partial charge in [-0.3, -0.25) is 0 Å². The second-order valence-electron chi connectivity index (χ2n) is 3.56. The van der Waals surface area contributed by atoms with E-state index in [0.29, 0.717) is 0 Å². The first kappa shape index (κ1) is 10.9. The van der Waals surface area contributed by atoms with Crippen LogP contribution >= 0.6 is 11.6 Å². The molecule has 0 aliphatic rings. The fourth-order valence-corrected chi connectivity index (χ4v) is 1.46. The zero-order chi connectivity index (χ0) is 11.5. The Bertz CT molecular complexity index is 494. The third-order valence-electron chi connectivity index (χ3n) is 2.44. The van der Waals surface area contributed by atoms with Crippen molar-refractivity contribution in [1.29, 1.82) is 0 Å². The fourth-order valence-electron chi connectivity index (χ4n) is 1.33. The zero-order valence-corrected chi connectivity index (χ0v) is 9.92. The summed E-state index contributed by atoms with van der Waals surface area (Å²) in [5.74, 6) is 0.829. The Kier molecular flexibility index (Phi) is 3.06. The van der Waals surface area contributed by atoms with E-state index in [1.165, 1.54) is 0 Å². The molecule has 0 radical (unpaired) electrons. The second-order valence-corrected chi connectivity index (χ2v) is 4.00. The summed E-state index contributed by atoms with van der Waals surface area (Å²) in [5.41, 5.74) is 2.99. The maximum Gasteiger partial charge on any atom is 0.136 e. The number of hydrogen-bond donors (Lipinski definition) is 1. The van der Waals surface area contributed by atoms with Crippen LogP contribution in [0.2, 0.25) is 5.02 Å². The van der Waals surface area contributed by atoms with Gasteiger partial charge >= 0.3 is 0 Å². The number of benzene rings is 1. The summed E-state index contributed by atoms with van der Waals surface area (Å²) in [6.45, 7) is 3.96. The first-order valence-electron chi connectivity index (χ1n) is 4.97. The number of anilines is 2. The monoisotopic (exact) mass is 233 g/mol. The third-order valence-corrected chi connectivity index (χ3v) is 2.70. The normalized spacial score (nSPS) is 10.2. The second kappa shape index (κ2) is 4.49. The molecule has 0 aliphatic carbocycles. The Balaban J connectivity index is 2.27. The third kappa shape index (κ3) is 2.31. The SMILES string of the molecule is Cc1ncnc(Nc2ccc(Cl)cc2)c1C. The molecule has 0 aliphatic heterocycles. The highest BCUT2D eigenvalue weighted by molar-refractivity contribution is 6.30. The molecule has 1 aromatic carbocycles. The maximum absolute atomic E-state index is 5.82. The van der Waals surface area contributed by atoms with Gasteiger partial charge in [0.2, 0.25) is 0 Å². The summed E-state index contributed by atoms with van der Waals surface area (Å²) in [7, 11) is 0. The maximum atomic E-state index is 5.82. The standard InChI is InChI=1S/C12H12ClN3/c1-8-9(2)14-7-15-12(8)16-11-5-3-10(13)4-6-11/h3-7H,1-2H3,(H,14,15,16). The molecule has 1 heterocycles. The summed E-state index contributed by atoms with van der Waals surface area (Å²) < 4.78 is 0. The van der Waals surface area contributed by atoms with Crippen molar-refractivity contribution < 1.29 is 0 Å². The molecule has 1 N–H and O–H groups in total. The predicted octanol–water partition coefficient (Wildman–Crippen LogP) is 3.49. The highest BCUT2D eigenvalue weighted by atomic mass is 35.5. The van der Waals surface area contributed by atoms with Crippen LogP contribution in [-0.2, 0) is 0 Å². The summed E-state index contributed by atoms with van der Waals surface area (Å²) >= 11 is 5.82. The first-order valence-corrected chi connectivity index (χ1v) is 5.35. The van der Waals surface area contributed by atoms with Gasteiger partial charge in [-0.15, -0.1) is 0 Å². The van der Waals surface area contributed by atoms with Gasteiger partial charge in [0, 0.05) is 22.0 Å². The number of rotatable bonds is 2. The molecule has 0 amide bonds. The van der Waals surface area contributed by atoms with E-state index in [9.17, 15) is 0 Å². The van der Waals surface area contributed by atoms with Gasteiger partial charge in [-0.25, -0.2) is 9.97 Å². The molecule has 4 heteroatoms. The molecular weight excluding hydrogens is 222 g/mol. The lowest BCUT2D eigenvalue weighted by molar-refractivity contribution is 1.06. The Labute approximate surface area is 99.5 Å². The van der Waals surface area contributed by atoms with Crippen LogP contribution in [0.1, 0.15) is 11.3 Å². The minimum Gasteiger partial charge on any atom is -0.340 e. The van der Waals surface area contributed by atoms with Crippen LogP contribution in [0.4, 0.5) is 11.5 Å². The molecule has 0 spiro atoms. The van der Waals surface area contributed by atoms with Crippen molar-refractivity contribution in [2.24, 2.45) is 0 Å². The number of nitrogens with zero attached hydrogens (tertiary/aromatic N) is 2. The van der Waals surface area contributed by atoms with Gasteiger partial charge in [0.05, 0.1) is 0 Å². The van der Waals surface area contributed by atoms with Crippen molar-refractivity contribution in [2.75, 3.05) is 5.32 Å². The van der Waals surface area contributed by atoms with Crippen molar-refractivity contribution in [3.05, 3.63) is 46.9 Å². The number of nitrogens with one attached hydrogen (secondary N) is 1. The van der Waals surface area contributed by atoms with Crippen molar-refractivity contribution in [1.82, 2.24) is 9.97 Å². The first-order chi connectivity index (χ1) is 7.66. The number of aryl methyl sites for hydroxylation is 1. The van der Waals surface area contributed by atoms with Crippen molar-refractivity contribution in [3.63, 3.8) is 0 Å². The van der Waals surface area contributed by atoms with Crippen LogP contribution < -0.4 is 5.32 Å². The zero-order valence-electron chi connectivity index (χ0n) is 9.16. The van der Waals surface area contributed by atoms with Crippen LogP contribution in [0.3, 0.4) is 0 Å². The van der Waals surface area contributed by atoms with Crippen LogP contribution in [0, 0.1) is 13.8 Å². The fraction of sp³-hybridized carbons (Fsp3) is 0.167. The Hall–Kier alpha value is -1.61. The molecule has 0 saturated carbocycles. The number of aromatic nitrogens is 2. The van der Waals surface area contributed by atoms with Gasteiger partial charge in [-0.2, -0.15) is 0 Å². The molecule has 0 saturated heterocycles. The van der Waals surface area contributed by atoms with E-state index in [0.717, 1.165) is 27.8 Å². The quantitative estimate of drug-likeness (QED) is 0.863. The van der Waals surface area contributed by atoms with Crippen LogP contribution in [0.5, 0.6) is 0 Å². The molecule has 0 unspecified atom stereocenters. The Morgan fingerprint density at radius 1 is 1.06 bits per heavy atom. The van der Waals surface area contributed by atoms with Gasteiger partial charge in [0.15, 0.2) is 0 Å². The van der Waals surface area contributed by atoms with E-state index >= 15 is 0 Å². The number of halogens is 1. The highest BCUT2D eigenvalue weighted by Gasteiger charge is 2.03. The Morgan fingerprint density at radius 3 is 2.44 bits per heavy atom. The van der Waals surface area contributed by atoms with Gasteiger partial charge in [0.25, 0.3) is 0 Å². The molecule has 0 bridgehead atoms. The van der Waals surface area contributed by atoms with Gasteiger partial charge < -0.3 is 5.32 Å². The van der Waals surface area contributed by atoms with Gasteiger partial charge in [0.1, 0.15) is 12.1 Å². The van der Waals surface area contributed by atoms with Crippen molar-refractivity contribution >= 4 is 23.1 Å². The molecule has 2 rings (SSSR count). The Morgan fingerprint density at radius 2 is 1.75 bits per heavy atom. The summed E-state index contributed by atoms with van der Waals surface area (Å²) in [6, 6.07) is 7.51. The predicted molar refractivity (Wildman–Crippen MR) is 66.2 cm³/mol. The highest BCUT2D eigenvalue weighted by Crippen LogP contribution is 2.20. The van der Waals surface area contributed by atoms with Crippen LogP contribution in [0.25, 0.3) is 0 Å². The van der Waals surface area contributed by atoms with E-state index in [1.807, 2.05) is 38.1 Å². The van der Waals surface area contributed by atoms with Crippen LogP contribution in [-0.4, -0.2) is 9.97 Å². The molecule has 1 aromatic heterocycles. The smallest absolute Gasteiger partial charge is 0.136 e. The molecule has 3 nitrogen and oxygen atoms in total. The molecule has 0 fully saturated rings. The van der Waals surface area contributed by atoms with Crippen LogP contribution in [0.15, 0.2) is 30.6 Å². The van der Waals surface area contributed by atoms with Crippen molar-refractivity contribution in [2.45, 2.75) is 13.8 Å². The van der Waals surface area contributed by atoms with Crippen molar-refractivity contribution in [3.8, 4) is 0 Å². The molecule has 82 valence electrons. The summed E-state index contributed by atoms with van der Waals surface area (Å²) in [4.78, 5) is 8.32. The molecule has 0 atom stereocenters. The lowest BCUT2D eigenvalue weighted by atomic mass is 10.2. The van der Waals surface area contributed by atoms with E-state index < -0.39 is 0 Å². The minimum absolute atomic E-state index is 0.723. The molecule has 16 heavy (non-hydrogen) atoms. The van der Waals surface area contributed by atoms with E-state index in [2.05, 4.69) is 15.3 Å². The van der Waals surface area contributed by atoms with E-state index in [4.69, 9.17) is 11.6 Å². The molecular formula is C12H12ClN3. The molecule has 2 aromatic rings. The van der Waals surface area contributed by atoms with Gasteiger partial charge in [-0.1, -0.05) is 11.6 Å². The average molecular weight is 234 g/mol. The number of hydrogen-bond acceptors (Lipinski definition) is 3. The topological polar surface area (TPSA) is 37.8 Å². The lowest BCUT2D eigenvalue weighted by Gasteiger charge is -2.09. The van der Waals surface area contributed by atoms with E-state index in [-0.39, 0.29) is 0 Å². The summed E-state index contributed by atoms with van der Waals surface area (Å²) in [6.07, 6.45) is 1.56. The minimum atomic E-state index is 0.723. The largest absolute Gasteiger partial charge is 0.340 e. The van der Waals surface area contributed by atoms with E-state index in [1.54, 1.807) is 6.33 Å². The lowest BCUT2D eigenvalue weighted by Crippen LogP contribution is -1.99. The van der Waals surface area contributed by atoms with Gasteiger partial charge in [-0.05, 0) is 38.1 Å². The summed E-state index contributed by atoms with van der Waals surface area (Å²) in [5, 5.41) is 3.95.